The third kappa shape index (κ3) is 5.21. The normalized spacial score (nSPS) is 11.9. The molecule has 0 bridgehead atoms. The number of carbonyl (C=O) groups is 2. The average molecular weight is 392 g/mol. The zero-order chi connectivity index (χ0) is 20.0. The van der Waals surface area contributed by atoms with Gasteiger partial charge in [-0.2, -0.15) is 0 Å². The molecule has 0 radical (unpaired) electrons. The van der Waals surface area contributed by atoms with E-state index in [-0.39, 0.29) is 10.6 Å². The highest BCUT2D eigenvalue weighted by atomic mass is 35.5. The molecule has 2 aromatic rings. The van der Waals surface area contributed by atoms with E-state index in [0.29, 0.717) is 22.7 Å². The molecule has 142 valence electrons. The highest BCUT2D eigenvalue weighted by Gasteiger charge is 2.15. The standard InChI is InChI=1S/C19H18ClNO6/c1-11(18(22)23)27-16-7-4-12(8-17(16)25-2)10-21-13-5-6-14(15(20)9-13)19(24)26-3/h4-11H,1-3H3,(H,22,23)/t11-/m0/s1. The van der Waals surface area contributed by atoms with E-state index in [0.717, 1.165) is 0 Å². The van der Waals surface area contributed by atoms with Gasteiger partial charge in [0.15, 0.2) is 17.6 Å². The Morgan fingerprint density at radius 3 is 2.48 bits per heavy atom. The molecular weight excluding hydrogens is 374 g/mol. The number of aliphatic carboxylic acids is 1. The maximum Gasteiger partial charge on any atom is 0.344 e. The van der Waals surface area contributed by atoms with Crippen LogP contribution in [-0.4, -0.2) is 43.6 Å². The molecular formula is C19H18ClNO6. The predicted octanol–water partition coefficient (Wildman–Crippen LogP) is 3.74. The van der Waals surface area contributed by atoms with Crippen molar-refractivity contribution in [3.8, 4) is 11.5 Å². The Bertz CT molecular complexity index is 880. The molecule has 0 aliphatic rings. The van der Waals surface area contributed by atoms with E-state index in [1.807, 2.05) is 0 Å². The zero-order valence-electron chi connectivity index (χ0n) is 14.9. The van der Waals surface area contributed by atoms with E-state index in [9.17, 15) is 9.59 Å². The Labute approximate surface area is 161 Å². The lowest BCUT2D eigenvalue weighted by Crippen LogP contribution is -2.23. The molecule has 0 saturated heterocycles. The molecule has 0 unspecified atom stereocenters. The molecule has 0 aliphatic carbocycles. The van der Waals surface area contributed by atoms with Gasteiger partial charge in [-0.1, -0.05) is 11.6 Å². The largest absolute Gasteiger partial charge is 0.493 e. The molecule has 0 saturated carbocycles. The van der Waals surface area contributed by atoms with E-state index in [4.69, 9.17) is 26.2 Å². The van der Waals surface area contributed by atoms with Gasteiger partial charge in [0.1, 0.15) is 0 Å². The van der Waals surface area contributed by atoms with Crippen LogP contribution >= 0.6 is 11.6 Å². The maximum absolute atomic E-state index is 11.5. The van der Waals surface area contributed by atoms with Gasteiger partial charge >= 0.3 is 11.9 Å². The van der Waals surface area contributed by atoms with Crippen molar-refractivity contribution in [2.45, 2.75) is 13.0 Å². The second kappa shape index (κ2) is 9.05. The summed E-state index contributed by atoms with van der Waals surface area (Å²) in [4.78, 5) is 26.8. The van der Waals surface area contributed by atoms with Gasteiger partial charge in [-0.05, 0) is 48.9 Å². The summed E-state index contributed by atoms with van der Waals surface area (Å²) in [5.41, 5.74) is 1.51. The van der Waals surface area contributed by atoms with Crippen LogP contribution in [0.5, 0.6) is 11.5 Å². The van der Waals surface area contributed by atoms with Gasteiger partial charge in [0.05, 0.1) is 30.5 Å². The fourth-order valence-corrected chi connectivity index (χ4v) is 2.36. The molecule has 0 amide bonds. The number of carboxylic acids is 1. The molecule has 1 N–H and O–H groups in total. The summed E-state index contributed by atoms with van der Waals surface area (Å²) < 4.78 is 15.2. The Hall–Kier alpha value is -3.06. The number of halogens is 1. The number of hydrogen-bond acceptors (Lipinski definition) is 6. The van der Waals surface area contributed by atoms with Crippen molar-refractivity contribution in [2.75, 3.05) is 14.2 Å². The number of carbonyl (C=O) groups excluding carboxylic acids is 1. The monoisotopic (exact) mass is 391 g/mol. The number of aliphatic imine (C=N–C) groups is 1. The minimum Gasteiger partial charge on any atom is -0.493 e. The third-order valence-electron chi connectivity index (χ3n) is 3.56. The first-order valence-electron chi connectivity index (χ1n) is 7.85. The number of nitrogens with zero attached hydrogens (tertiary/aromatic N) is 1. The number of methoxy groups -OCH3 is 2. The Morgan fingerprint density at radius 2 is 1.89 bits per heavy atom. The van der Waals surface area contributed by atoms with Gasteiger partial charge in [0.2, 0.25) is 0 Å². The van der Waals surface area contributed by atoms with Crippen LogP contribution in [0, 0.1) is 0 Å². The lowest BCUT2D eigenvalue weighted by Gasteiger charge is -2.14. The molecule has 0 aromatic heterocycles. The van der Waals surface area contributed by atoms with Crippen LogP contribution in [0.2, 0.25) is 5.02 Å². The summed E-state index contributed by atoms with van der Waals surface area (Å²) in [5, 5.41) is 9.17. The summed E-state index contributed by atoms with van der Waals surface area (Å²) >= 11 is 6.07. The molecule has 2 rings (SSSR count). The molecule has 0 heterocycles. The SMILES string of the molecule is COC(=O)c1ccc(N=Cc2ccc(O[C@@H](C)C(=O)O)c(OC)c2)cc1Cl. The van der Waals surface area contributed by atoms with Gasteiger partial charge in [-0.15, -0.1) is 0 Å². The fourth-order valence-electron chi connectivity index (χ4n) is 2.11. The first-order valence-corrected chi connectivity index (χ1v) is 8.23. The van der Waals surface area contributed by atoms with Crippen molar-refractivity contribution < 1.29 is 28.9 Å². The lowest BCUT2D eigenvalue weighted by molar-refractivity contribution is -0.144. The summed E-state index contributed by atoms with van der Waals surface area (Å²) in [7, 11) is 2.74. The van der Waals surface area contributed by atoms with Crippen LogP contribution in [0.25, 0.3) is 0 Å². The first-order chi connectivity index (χ1) is 12.8. The van der Waals surface area contributed by atoms with Crippen molar-refractivity contribution in [1.29, 1.82) is 0 Å². The maximum atomic E-state index is 11.5. The second-order valence-corrected chi connectivity index (χ2v) is 5.83. The van der Waals surface area contributed by atoms with Gasteiger partial charge in [0.25, 0.3) is 0 Å². The van der Waals surface area contributed by atoms with Crippen LogP contribution < -0.4 is 9.47 Å². The molecule has 27 heavy (non-hydrogen) atoms. The van der Waals surface area contributed by atoms with E-state index in [1.54, 1.807) is 36.5 Å². The first kappa shape index (κ1) is 20.3. The summed E-state index contributed by atoms with van der Waals surface area (Å²) in [6, 6.07) is 9.70. The molecule has 0 aliphatic heterocycles. The predicted molar refractivity (Wildman–Crippen MR) is 101 cm³/mol. The minimum atomic E-state index is -1.07. The van der Waals surface area contributed by atoms with Gasteiger partial charge < -0.3 is 19.3 Å². The van der Waals surface area contributed by atoms with E-state index >= 15 is 0 Å². The number of carboxylic acid groups (broad SMARTS) is 1. The van der Waals surface area contributed by atoms with E-state index < -0.39 is 18.0 Å². The minimum absolute atomic E-state index is 0.237. The summed E-state index contributed by atoms with van der Waals surface area (Å²) in [5.74, 6) is -0.900. The smallest absolute Gasteiger partial charge is 0.344 e. The Morgan fingerprint density at radius 1 is 1.15 bits per heavy atom. The van der Waals surface area contributed by atoms with Gasteiger partial charge in [0, 0.05) is 6.21 Å². The number of ether oxygens (including phenoxy) is 3. The molecule has 2 aromatic carbocycles. The van der Waals surface area contributed by atoms with Crippen LogP contribution in [0.1, 0.15) is 22.8 Å². The Balaban J connectivity index is 2.20. The van der Waals surface area contributed by atoms with Crippen molar-refractivity contribution in [3.63, 3.8) is 0 Å². The van der Waals surface area contributed by atoms with Crippen LogP contribution in [-0.2, 0) is 9.53 Å². The summed E-state index contributed by atoms with van der Waals surface area (Å²) in [6.45, 7) is 1.43. The molecule has 7 nitrogen and oxygen atoms in total. The quantitative estimate of drug-likeness (QED) is 0.570. The third-order valence-corrected chi connectivity index (χ3v) is 3.87. The zero-order valence-corrected chi connectivity index (χ0v) is 15.7. The van der Waals surface area contributed by atoms with Crippen molar-refractivity contribution in [2.24, 2.45) is 4.99 Å². The highest BCUT2D eigenvalue weighted by Crippen LogP contribution is 2.29. The molecule has 8 heteroatoms. The van der Waals surface area contributed by atoms with E-state index in [1.165, 1.54) is 27.2 Å². The fraction of sp³-hybridized carbons (Fsp3) is 0.211. The number of esters is 1. The van der Waals surface area contributed by atoms with Gasteiger partial charge in [-0.3, -0.25) is 4.99 Å². The average Bonchev–Trinajstić information content (AvgIpc) is 2.66. The molecule has 0 fully saturated rings. The second-order valence-electron chi connectivity index (χ2n) is 5.42. The van der Waals surface area contributed by atoms with Crippen LogP contribution in [0.4, 0.5) is 5.69 Å². The summed E-state index contributed by atoms with van der Waals surface area (Å²) in [6.07, 6.45) is 0.574. The Kier molecular flexibility index (Phi) is 6.79. The van der Waals surface area contributed by atoms with Crippen LogP contribution in [0.15, 0.2) is 41.4 Å². The highest BCUT2D eigenvalue weighted by molar-refractivity contribution is 6.33. The molecule has 1 atom stereocenters. The van der Waals surface area contributed by atoms with Gasteiger partial charge in [-0.25, -0.2) is 9.59 Å². The number of rotatable bonds is 7. The van der Waals surface area contributed by atoms with Crippen molar-refractivity contribution in [3.05, 3.63) is 52.5 Å². The topological polar surface area (TPSA) is 94.4 Å². The van der Waals surface area contributed by atoms with E-state index in [2.05, 4.69) is 9.73 Å². The number of hydrogen-bond donors (Lipinski definition) is 1. The lowest BCUT2D eigenvalue weighted by atomic mass is 10.2. The molecule has 0 spiro atoms. The van der Waals surface area contributed by atoms with Crippen molar-refractivity contribution in [1.82, 2.24) is 0 Å². The number of benzene rings is 2. The van der Waals surface area contributed by atoms with Crippen LogP contribution in [0.3, 0.4) is 0 Å². The van der Waals surface area contributed by atoms with Crippen molar-refractivity contribution >= 4 is 35.4 Å².